The van der Waals surface area contributed by atoms with Gasteiger partial charge in [0.2, 0.25) is 0 Å². The lowest BCUT2D eigenvalue weighted by Crippen LogP contribution is -2.08. The number of carbonyl (C=O) groups is 6. The highest BCUT2D eigenvalue weighted by molar-refractivity contribution is 5.92. The second-order valence-electron chi connectivity index (χ2n) is 14.3. The quantitative estimate of drug-likeness (QED) is 0.0140. The molecule has 3 N–H and O–H groups in total. The predicted molar refractivity (Wildman–Crippen MR) is 257 cm³/mol. The number of aromatic hydroxyl groups is 1. The lowest BCUT2D eigenvalue weighted by Gasteiger charge is -2.08. The van der Waals surface area contributed by atoms with E-state index >= 15 is 0 Å². The van der Waals surface area contributed by atoms with Gasteiger partial charge in [0.1, 0.15) is 23.0 Å². The van der Waals surface area contributed by atoms with E-state index < -0.39 is 23.9 Å². The van der Waals surface area contributed by atoms with Crippen LogP contribution in [-0.4, -0.2) is 91.5 Å². The molecule has 0 amide bonds. The van der Waals surface area contributed by atoms with E-state index in [9.17, 15) is 28.8 Å². The van der Waals surface area contributed by atoms with Gasteiger partial charge in [0.05, 0.1) is 48.7 Å². The first-order chi connectivity index (χ1) is 31.6. The fourth-order valence-corrected chi connectivity index (χ4v) is 5.08. The van der Waals surface area contributed by atoms with E-state index in [1.807, 2.05) is 0 Å². The van der Waals surface area contributed by atoms with Crippen molar-refractivity contribution in [3.63, 3.8) is 0 Å². The molecule has 370 valence electrons. The molecule has 0 aromatic heterocycles. The number of esters is 4. The molecule has 0 fully saturated rings. The minimum atomic E-state index is -1.04. The number of hydrogen-bond donors (Lipinski definition) is 3. The van der Waals surface area contributed by atoms with Gasteiger partial charge in [-0.1, -0.05) is 28.0 Å². The Labute approximate surface area is 399 Å². The highest BCUT2D eigenvalue weighted by atomic mass is 16.7. The Morgan fingerprint density at radius 1 is 0.456 bits per heavy atom. The molecular weight excluding hydrogens is 881 g/mol. The summed E-state index contributed by atoms with van der Waals surface area (Å²) in [5, 5.41) is 26.6. The van der Waals surface area contributed by atoms with Crippen molar-refractivity contribution in [2.45, 2.75) is 80.1 Å². The topological polar surface area (TPSA) is 228 Å². The van der Waals surface area contributed by atoms with Crippen molar-refractivity contribution in [3.05, 3.63) is 144 Å². The third kappa shape index (κ3) is 25.9. The zero-order valence-electron chi connectivity index (χ0n) is 37.5. The molecule has 16 nitrogen and oxygen atoms in total. The number of phenols is 1. The van der Waals surface area contributed by atoms with E-state index in [1.54, 1.807) is 50.2 Å². The van der Waals surface area contributed by atoms with E-state index in [0.29, 0.717) is 60.2 Å². The third-order valence-corrected chi connectivity index (χ3v) is 8.69. The molecule has 0 aliphatic rings. The van der Waals surface area contributed by atoms with Gasteiger partial charge in [0, 0.05) is 18.3 Å². The van der Waals surface area contributed by atoms with Crippen LogP contribution in [0.2, 0.25) is 0 Å². The molecule has 4 aromatic rings. The highest BCUT2D eigenvalue weighted by Gasteiger charge is 2.11. The van der Waals surface area contributed by atoms with Crippen LogP contribution >= 0.6 is 0 Å². The number of benzene rings is 4. The van der Waals surface area contributed by atoms with Crippen LogP contribution in [0.1, 0.15) is 121 Å². The number of unbranched alkanes of at least 4 members (excludes halogenated alkanes) is 6. The van der Waals surface area contributed by atoms with Gasteiger partial charge >= 0.3 is 35.8 Å². The first-order valence-electron chi connectivity index (χ1n) is 21.0. The monoisotopic (exact) mass is 946 g/mol. The number of rotatable bonds is 25. The van der Waals surface area contributed by atoms with Gasteiger partial charge in [0.15, 0.2) is 6.79 Å². The minimum absolute atomic E-state index is 0. The molecule has 16 heteroatoms. The maximum absolute atomic E-state index is 12.2. The lowest BCUT2D eigenvalue weighted by molar-refractivity contribution is -0.139. The first-order valence-corrected chi connectivity index (χ1v) is 21.0. The summed E-state index contributed by atoms with van der Waals surface area (Å²) in [5.41, 5.74) is 1.93. The average molecular weight is 947 g/mol. The number of aromatic carboxylic acids is 2. The standard InChI is InChI=1S/C24H26O7.C17H22O5.C9H10O4.2CH4/c1-17(2)23(27)30-16-6-4-3-5-15-29-20-11-9-19(10-12-20)24(28)31-21-13-7-18(8-14-21)22(25)26;1-13(2)17(20)22-12-6-4-3-5-11-21-15-9-7-14(8-10-15)16(18)19;1-12-6-13-9(11)7-2-4-8(10)5-3-7;;/h7-14H,1,3-6,15-16H2,2H3,(H,25,26);7-10H,1,3-6,11-12H2,2H3,(H,18,19);2-5,10H,6H2,1H3;2*1H4. The number of ether oxygens (including phenoxy) is 7. The molecule has 0 unspecified atom stereocenters. The van der Waals surface area contributed by atoms with Gasteiger partial charge < -0.3 is 48.5 Å². The molecule has 0 spiro atoms. The molecule has 0 saturated carbocycles. The van der Waals surface area contributed by atoms with Crippen LogP contribution in [0, 0.1) is 0 Å². The molecule has 4 aromatic carbocycles. The second-order valence-corrected chi connectivity index (χ2v) is 14.3. The first kappa shape index (κ1) is 60.5. The van der Waals surface area contributed by atoms with Crippen molar-refractivity contribution in [2.75, 3.05) is 40.3 Å². The fourth-order valence-electron chi connectivity index (χ4n) is 5.08. The number of hydrogen-bond acceptors (Lipinski definition) is 14. The maximum Gasteiger partial charge on any atom is 0.343 e. The number of methoxy groups -OCH3 is 1. The second kappa shape index (κ2) is 34.8. The van der Waals surface area contributed by atoms with E-state index in [0.717, 1.165) is 51.4 Å². The Morgan fingerprint density at radius 3 is 1.16 bits per heavy atom. The van der Waals surface area contributed by atoms with E-state index in [4.69, 9.17) is 39.0 Å². The molecule has 0 bridgehead atoms. The summed E-state index contributed by atoms with van der Waals surface area (Å²) in [6.45, 7) is 12.2. The number of phenolic OH excluding ortho intramolecular Hbond substituents is 1. The highest BCUT2D eigenvalue weighted by Crippen LogP contribution is 2.18. The zero-order chi connectivity index (χ0) is 48.7. The number of carboxylic acid groups (broad SMARTS) is 2. The van der Waals surface area contributed by atoms with E-state index in [-0.39, 0.29) is 56.2 Å². The number of carboxylic acids is 2. The van der Waals surface area contributed by atoms with Crippen LogP contribution in [0.4, 0.5) is 0 Å². The van der Waals surface area contributed by atoms with Crippen molar-refractivity contribution in [2.24, 2.45) is 0 Å². The zero-order valence-corrected chi connectivity index (χ0v) is 37.5. The van der Waals surface area contributed by atoms with Gasteiger partial charge in [-0.2, -0.15) is 0 Å². The summed E-state index contributed by atoms with van der Waals surface area (Å²) in [6.07, 6.45) is 7.23. The summed E-state index contributed by atoms with van der Waals surface area (Å²) >= 11 is 0. The van der Waals surface area contributed by atoms with Gasteiger partial charge in [-0.15, -0.1) is 0 Å². The molecule has 0 saturated heterocycles. The van der Waals surface area contributed by atoms with Gasteiger partial charge in [-0.25, -0.2) is 28.8 Å². The fraction of sp³-hybridized carbons (Fsp3) is 0.346. The number of carbonyl (C=O) groups excluding carboxylic acids is 4. The van der Waals surface area contributed by atoms with Crippen LogP contribution in [-0.2, 0) is 28.5 Å². The van der Waals surface area contributed by atoms with Gasteiger partial charge in [-0.3, -0.25) is 0 Å². The van der Waals surface area contributed by atoms with Crippen LogP contribution < -0.4 is 14.2 Å². The van der Waals surface area contributed by atoms with E-state index in [1.165, 1.54) is 67.8 Å². The van der Waals surface area contributed by atoms with Crippen LogP contribution in [0.25, 0.3) is 0 Å². The molecule has 4 rings (SSSR count). The Balaban J connectivity index is 0.00000106. The molecule has 0 atom stereocenters. The lowest BCUT2D eigenvalue weighted by atomic mass is 10.2. The molecular formula is C52H66O16. The summed E-state index contributed by atoms with van der Waals surface area (Å²) < 4.78 is 35.7. The SMILES string of the molecule is C.C.C=C(C)C(=O)OCCCCCCOc1ccc(C(=O)O)cc1.C=C(C)C(=O)OCCCCCCOc1ccc(C(=O)Oc2ccc(C(=O)O)cc2)cc1.COCOC(=O)c1ccc(O)cc1. The van der Waals surface area contributed by atoms with Crippen molar-refractivity contribution in [1.29, 1.82) is 0 Å². The molecule has 0 radical (unpaired) electrons. The van der Waals surface area contributed by atoms with Crippen molar-refractivity contribution < 1.29 is 77.2 Å². The largest absolute Gasteiger partial charge is 0.508 e. The third-order valence-electron chi connectivity index (χ3n) is 8.69. The van der Waals surface area contributed by atoms with Crippen molar-refractivity contribution in [3.8, 4) is 23.0 Å². The summed E-state index contributed by atoms with van der Waals surface area (Å²) in [6, 6.07) is 24.4. The summed E-state index contributed by atoms with van der Waals surface area (Å²) in [4.78, 5) is 67.2. The summed E-state index contributed by atoms with van der Waals surface area (Å²) in [7, 11) is 1.43. The van der Waals surface area contributed by atoms with Gasteiger partial charge in [-0.05, 0) is 162 Å². The Hall–Kier alpha value is -7.46. The van der Waals surface area contributed by atoms with E-state index in [2.05, 4.69) is 22.6 Å². The van der Waals surface area contributed by atoms with Crippen LogP contribution in [0.5, 0.6) is 23.0 Å². The average Bonchev–Trinajstić information content (AvgIpc) is 3.30. The molecule has 0 heterocycles. The smallest absolute Gasteiger partial charge is 0.343 e. The van der Waals surface area contributed by atoms with Crippen LogP contribution in [0.15, 0.2) is 121 Å². The van der Waals surface area contributed by atoms with Crippen molar-refractivity contribution in [1.82, 2.24) is 0 Å². The summed E-state index contributed by atoms with van der Waals surface area (Å²) in [5.74, 6) is -1.99. The molecule has 68 heavy (non-hydrogen) atoms. The molecule has 0 aliphatic heterocycles. The minimum Gasteiger partial charge on any atom is -0.508 e. The predicted octanol–water partition coefficient (Wildman–Crippen LogP) is 10.5. The molecule has 0 aliphatic carbocycles. The normalized spacial score (nSPS) is 9.75. The van der Waals surface area contributed by atoms with Gasteiger partial charge in [0.25, 0.3) is 0 Å². The maximum atomic E-state index is 12.2. The van der Waals surface area contributed by atoms with Crippen LogP contribution in [0.3, 0.4) is 0 Å². The Morgan fingerprint density at radius 2 is 0.794 bits per heavy atom. The Kier molecular flexibility index (Phi) is 31.0. The Bertz CT molecular complexity index is 2140. The van der Waals surface area contributed by atoms with Crippen molar-refractivity contribution >= 4 is 35.8 Å².